The molecule has 1 amide bonds. The Balaban J connectivity index is 1.73. The number of amides is 1. The number of para-hydroxylation sites is 1. The molecule has 0 saturated carbocycles. The second-order valence-electron chi connectivity index (χ2n) is 6.17. The number of aryl methyl sites for hydroxylation is 3. The van der Waals surface area contributed by atoms with Gasteiger partial charge in [-0.15, -0.1) is 0 Å². The van der Waals surface area contributed by atoms with Gasteiger partial charge in [0.2, 0.25) is 0 Å². The van der Waals surface area contributed by atoms with E-state index in [-0.39, 0.29) is 5.91 Å². The van der Waals surface area contributed by atoms with E-state index in [1.54, 1.807) is 6.07 Å². The van der Waals surface area contributed by atoms with E-state index in [1.807, 2.05) is 19.1 Å². The third kappa shape index (κ3) is 3.04. The van der Waals surface area contributed by atoms with Crippen molar-refractivity contribution in [3.05, 3.63) is 69.4 Å². The highest BCUT2D eigenvalue weighted by atomic mass is 35.5. The number of hydrogen-bond donors (Lipinski definition) is 2. The number of halogens is 1. The van der Waals surface area contributed by atoms with Gasteiger partial charge >= 0.3 is 0 Å². The second kappa shape index (κ2) is 6.70. The number of H-pyrrole nitrogens is 1. The Labute approximate surface area is 147 Å². The highest BCUT2D eigenvalue weighted by Crippen LogP contribution is 2.25. The maximum absolute atomic E-state index is 12.3. The average molecular weight is 341 g/mol. The van der Waals surface area contributed by atoms with Crippen LogP contribution < -0.4 is 5.32 Å². The van der Waals surface area contributed by atoms with Crippen molar-refractivity contribution in [2.24, 2.45) is 0 Å². The fourth-order valence-corrected chi connectivity index (χ4v) is 3.30. The van der Waals surface area contributed by atoms with Gasteiger partial charge in [0.05, 0.1) is 10.6 Å². The van der Waals surface area contributed by atoms with Crippen LogP contribution in [0, 0.1) is 20.8 Å². The molecule has 0 fully saturated rings. The van der Waals surface area contributed by atoms with E-state index < -0.39 is 0 Å². The molecule has 0 saturated heterocycles. The minimum absolute atomic E-state index is 0.127. The molecule has 0 atom stereocenters. The molecule has 3 aromatic rings. The minimum atomic E-state index is -0.127. The first-order chi connectivity index (χ1) is 11.5. The van der Waals surface area contributed by atoms with Crippen LogP contribution in [0.3, 0.4) is 0 Å². The van der Waals surface area contributed by atoms with E-state index >= 15 is 0 Å². The molecule has 3 nitrogen and oxygen atoms in total. The third-order valence-electron chi connectivity index (χ3n) is 4.46. The molecule has 0 aliphatic heterocycles. The summed E-state index contributed by atoms with van der Waals surface area (Å²) in [4.78, 5) is 15.8. The predicted octanol–water partition coefficient (Wildman–Crippen LogP) is 4.72. The lowest BCUT2D eigenvalue weighted by atomic mass is 10.1. The van der Waals surface area contributed by atoms with Gasteiger partial charge in [-0.2, -0.15) is 0 Å². The summed E-state index contributed by atoms with van der Waals surface area (Å²) in [6, 6.07) is 11.8. The van der Waals surface area contributed by atoms with Gasteiger partial charge < -0.3 is 10.3 Å². The van der Waals surface area contributed by atoms with Gasteiger partial charge in [0.25, 0.3) is 5.91 Å². The number of carbonyl (C=O) groups excluding carboxylic acids is 1. The molecule has 2 aromatic carbocycles. The largest absolute Gasteiger partial charge is 0.358 e. The molecule has 0 bridgehead atoms. The van der Waals surface area contributed by atoms with Gasteiger partial charge in [-0.05, 0) is 49.9 Å². The van der Waals surface area contributed by atoms with Gasteiger partial charge in [-0.25, -0.2) is 0 Å². The lowest BCUT2D eigenvalue weighted by molar-refractivity contribution is 0.0954. The highest BCUT2D eigenvalue weighted by Gasteiger charge is 2.13. The van der Waals surface area contributed by atoms with E-state index in [0.717, 1.165) is 17.7 Å². The topological polar surface area (TPSA) is 44.9 Å². The maximum Gasteiger partial charge on any atom is 0.252 e. The Hall–Kier alpha value is -2.26. The molecule has 2 N–H and O–H groups in total. The Kier molecular flexibility index (Phi) is 4.63. The highest BCUT2D eigenvalue weighted by molar-refractivity contribution is 6.34. The van der Waals surface area contributed by atoms with E-state index in [4.69, 9.17) is 11.6 Å². The molecule has 4 heteroatoms. The van der Waals surface area contributed by atoms with Crippen molar-refractivity contribution in [2.45, 2.75) is 27.2 Å². The zero-order valence-corrected chi connectivity index (χ0v) is 14.9. The normalized spacial score (nSPS) is 11.0. The molecule has 1 heterocycles. The quantitative estimate of drug-likeness (QED) is 0.709. The second-order valence-corrected chi connectivity index (χ2v) is 6.55. The third-order valence-corrected chi connectivity index (χ3v) is 4.96. The van der Waals surface area contributed by atoms with Crippen molar-refractivity contribution in [1.29, 1.82) is 0 Å². The van der Waals surface area contributed by atoms with Crippen LogP contribution in [0.1, 0.15) is 32.7 Å². The maximum atomic E-state index is 12.3. The van der Waals surface area contributed by atoms with E-state index in [2.05, 4.69) is 42.3 Å². The molecular formula is C20H21ClN2O. The van der Waals surface area contributed by atoms with Crippen molar-refractivity contribution >= 4 is 28.4 Å². The summed E-state index contributed by atoms with van der Waals surface area (Å²) in [7, 11) is 0. The zero-order chi connectivity index (χ0) is 17.3. The standard InChI is InChI=1S/C20H21ClN2O/c1-12-6-4-9-17(18(12)21)20(24)22-11-10-15-14(3)23-19-13(2)7-5-8-16(15)19/h4-9,23H,10-11H2,1-3H3,(H,22,24). The molecule has 3 rings (SSSR count). The zero-order valence-electron chi connectivity index (χ0n) is 14.2. The Morgan fingerprint density at radius 3 is 2.58 bits per heavy atom. The number of hydrogen-bond acceptors (Lipinski definition) is 1. The first-order valence-corrected chi connectivity index (χ1v) is 8.47. The Morgan fingerprint density at radius 2 is 1.79 bits per heavy atom. The summed E-state index contributed by atoms with van der Waals surface area (Å²) >= 11 is 6.22. The summed E-state index contributed by atoms with van der Waals surface area (Å²) in [5.74, 6) is -0.127. The summed E-state index contributed by atoms with van der Waals surface area (Å²) < 4.78 is 0. The van der Waals surface area contributed by atoms with Crippen molar-refractivity contribution in [1.82, 2.24) is 10.3 Å². The van der Waals surface area contributed by atoms with Crippen LogP contribution in [0.4, 0.5) is 0 Å². The Morgan fingerprint density at radius 1 is 1.08 bits per heavy atom. The van der Waals surface area contributed by atoms with Gasteiger partial charge in [0.15, 0.2) is 0 Å². The van der Waals surface area contributed by atoms with Gasteiger partial charge in [0, 0.05) is 23.1 Å². The molecule has 1 aromatic heterocycles. The number of nitrogens with one attached hydrogen (secondary N) is 2. The first-order valence-electron chi connectivity index (χ1n) is 8.09. The number of fused-ring (bicyclic) bond motifs is 1. The van der Waals surface area contributed by atoms with Crippen LogP contribution in [0.5, 0.6) is 0 Å². The van der Waals surface area contributed by atoms with Crippen molar-refractivity contribution in [3.8, 4) is 0 Å². The monoisotopic (exact) mass is 340 g/mol. The fraction of sp³-hybridized carbons (Fsp3) is 0.250. The van der Waals surface area contributed by atoms with Crippen LogP contribution >= 0.6 is 11.6 Å². The molecule has 0 radical (unpaired) electrons. The molecule has 24 heavy (non-hydrogen) atoms. The van der Waals surface area contributed by atoms with Crippen molar-refractivity contribution in [3.63, 3.8) is 0 Å². The van der Waals surface area contributed by atoms with Crippen LogP contribution in [0.2, 0.25) is 5.02 Å². The lowest BCUT2D eigenvalue weighted by Gasteiger charge is -2.08. The SMILES string of the molecule is Cc1cccc(C(=O)NCCc2c(C)[nH]c3c(C)cccc23)c1Cl. The number of rotatable bonds is 4. The number of aromatic amines is 1. The Bertz CT molecular complexity index is 911. The number of carbonyl (C=O) groups is 1. The fourth-order valence-electron chi connectivity index (χ4n) is 3.09. The van der Waals surface area contributed by atoms with Crippen LogP contribution in [0.25, 0.3) is 10.9 Å². The van der Waals surface area contributed by atoms with E-state index in [0.29, 0.717) is 17.1 Å². The van der Waals surface area contributed by atoms with Gasteiger partial charge in [-0.3, -0.25) is 4.79 Å². The smallest absolute Gasteiger partial charge is 0.252 e. The first kappa shape index (κ1) is 16.6. The molecule has 0 unspecified atom stereocenters. The van der Waals surface area contributed by atoms with Crippen LogP contribution in [-0.2, 0) is 6.42 Å². The summed E-state index contributed by atoms with van der Waals surface area (Å²) in [5, 5.41) is 4.73. The molecule has 0 aliphatic rings. The lowest BCUT2D eigenvalue weighted by Crippen LogP contribution is -2.26. The van der Waals surface area contributed by atoms with Gasteiger partial charge in [-0.1, -0.05) is 41.9 Å². The van der Waals surface area contributed by atoms with E-state index in [1.165, 1.54) is 22.0 Å². The van der Waals surface area contributed by atoms with Crippen LogP contribution in [-0.4, -0.2) is 17.4 Å². The molecule has 0 aliphatic carbocycles. The summed E-state index contributed by atoms with van der Waals surface area (Å²) in [6.07, 6.45) is 0.782. The average Bonchev–Trinajstić information content (AvgIpc) is 2.87. The predicted molar refractivity (Wildman–Crippen MR) is 100.0 cm³/mol. The van der Waals surface area contributed by atoms with Crippen molar-refractivity contribution in [2.75, 3.05) is 6.54 Å². The number of aromatic nitrogens is 1. The van der Waals surface area contributed by atoms with Crippen molar-refractivity contribution < 1.29 is 4.79 Å². The number of benzene rings is 2. The molecular weight excluding hydrogens is 320 g/mol. The molecule has 124 valence electrons. The molecule has 0 spiro atoms. The minimum Gasteiger partial charge on any atom is -0.358 e. The van der Waals surface area contributed by atoms with Crippen LogP contribution in [0.15, 0.2) is 36.4 Å². The summed E-state index contributed by atoms with van der Waals surface area (Å²) in [5.41, 5.74) is 6.26. The van der Waals surface area contributed by atoms with E-state index in [9.17, 15) is 4.79 Å². The van der Waals surface area contributed by atoms with Gasteiger partial charge in [0.1, 0.15) is 0 Å². The summed E-state index contributed by atoms with van der Waals surface area (Å²) in [6.45, 7) is 6.65.